The number of aryl methyl sites for hydroxylation is 1. The summed E-state index contributed by atoms with van der Waals surface area (Å²) in [5.41, 5.74) is 3.23. The average Bonchev–Trinajstić information content (AvgIpc) is 2.84. The Morgan fingerprint density at radius 1 is 1.42 bits per heavy atom. The fourth-order valence-corrected chi connectivity index (χ4v) is 1.83. The van der Waals surface area contributed by atoms with Crippen LogP contribution in [0.1, 0.15) is 34.6 Å². The molecule has 3 N–H and O–H groups in total. The van der Waals surface area contributed by atoms with Crippen LogP contribution in [0.3, 0.4) is 0 Å². The number of hydrogen-bond donors (Lipinski definition) is 3. The second-order valence-corrected chi connectivity index (χ2v) is 4.50. The van der Waals surface area contributed by atoms with Gasteiger partial charge >= 0.3 is 0 Å². The summed E-state index contributed by atoms with van der Waals surface area (Å²) in [7, 11) is 1.91. The zero-order valence-electron chi connectivity index (χ0n) is 11.3. The van der Waals surface area contributed by atoms with Crippen molar-refractivity contribution in [2.24, 2.45) is 0 Å². The van der Waals surface area contributed by atoms with Crippen LogP contribution in [0.25, 0.3) is 0 Å². The normalized spacial score (nSPS) is 12.2. The number of rotatable bonds is 4. The zero-order chi connectivity index (χ0) is 13.8. The van der Waals surface area contributed by atoms with Gasteiger partial charge in [0.2, 0.25) is 0 Å². The predicted octanol–water partition coefficient (Wildman–Crippen LogP) is 2.25. The van der Waals surface area contributed by atoms with Crippen LogP contribution in [0.4, 0.5) is 5.69 Å². The quantitative estimate of drug-likeness (QED) is 0.787. The lowest BCUT2D eigenvalue weighted by Crippen LogP contribution is -2.14. The number of aromatic amines is 1. The summed E-state index contributed by atoms with van der Waals surface area (Å²) in [4.78, 5) is 12.1. The smallest absolute Gasteiger partial charge is 0.259 e. The van der Waals surface area contributed by atoms with Crippen LogP contribution in [0.2, 0.25) is 0 Å². The maximum atomic E-state index is 12.1. The molecule has 1 unspecified atom stereocenters. The van der Waals surface area contributed by atoms with Crippen LogP contribution in [0, 0.1) is 6.92 Å². The summed E-state index contributed by atoms with van der Waals surface area (Å²) in [6.07, 6.45) is 1.53. The van der Waals surface area contributed by atoms with E-state index in [1.54, 1.807) is 0 Å². The summed E-state index contributed by atoms with van der Waals surface area (Å²) < 4.78 is 0. The average molecular weight is 258 g/mol. The summed E-state index contributed by atoms with van der Waals surface area (Å²) in [6, 6.07) is 8.04. The molecular formula is C14H18N4O. The summed E-state index contributed by atoms with van der Waals surface area (Å²) in [6.45, 7) is 3.89. The second kappa shape index (κ2) is 5.67. The van der Waals surface area contributed by atoms with E-state index in [1.165, 1.54) is 6.20 Å². The van der Waals surface area contributed by atoms with Crippen molar-refractivity contribution in [3.63, 3.8) is 0 Å². The van der Waals surface area contributed by atoms with Crippen molar-refractivity contribution in [3.8, 4) is 0 Å². The molecule has 0 fully saturated rings. The Labute approximate surface area is 112 Å². The first-order chi connectivity index (χ1) is 9.11. The highest BCUT2D eigenvalue weighted by Gasteiger charge is 2.11. The Kier molecular flexibility index (Phi) is 3.97. The summed E-state index contributed by atoms with van der Waals surface area (Å²) in [5, 5.41) is 12.6. The van der Waals surface area contributed by atoms with E-state index < -0.39 is 0 Å². The molecule has 2 rings (SSSR count). The molecule has 0 saturated heterocycles. The Balaban J connectivity index is 2.15. The third-order valence-corrected chi connectivity index (χ3v) is 3.15. The van der Waals surface area contributed by atoms with Gasteiger partial charge in [0.1, 0.15) is 0 Å². The van der Waals surface area contributed by atoms with Gasteiger partial charge in [0, 0.05) is 17.4 Å². The Bertz CT molecular complexity index is 576. The van der Waals surface area contributed by atoms with Gasteiger partial charge < -0.3 is 10.6 Å². The first kappa shape index (κ1) is 13.3. The van der Waals surface area contributed by atoms with Crippen LogP contribution >= 0.6 is 0 Å². The van der Waals surface area contributed by atoms with Gasteiger partial charge in [-0.25, -0.2) is 0 Å². The number of nitrogens with one attached hydrogen (secondary N) is 3. The molecule has 1 heterocycles. The lowest BCUT2D eigenvalue weighted by Gasteiger charge is -2.12. The van der Waals surface area contributed by atoms with Gasteiger partial charge in [0.15, 0.2) is 0 Å². The third kappa shape index (κ3) is 3.00. The Morgan fingerprint density at radius 3 is 2.84 bits per heavy atom. The molecule has 0 saturated carbocycles. The molecule has 5 nitrogen and oxygen atoms in total. The number of carbonyl (C=O) groups excluding carboxylic acids is 1. The number of anilines is 1. The standard InChI is InChI=1S/C14H18N4O/c1-9(15-3)11-5-4-6-12(7-11)17-14(19)13-8-16-18-10(13)2/h4-9,15H,1-3H3,(H,16,18)(H,17,19). The van der Waals surface area contributed by atoms with E-state index in [-0.39, 0.29) is 11.9 Å². The fourth-order valence-electron chi connectivity index (χ4n) is 1.83. The highest BCUT2D eigenvalue weighted by molar-refractivity contribution is 6.04. The minimum absolute atomic E-state index is 0.152. The van der Waals surface area contributed by atoms with Crippen LogP contribution in [-0.2, 0) is 0 Å². The van der Waals surface area contributed by atoms with Gasteiger partial charge in [-0.1, -0.05) is 12.1 Å². The first-order valence-corrected chi connectivity index (χ1v) is 6.20. The minimum atomic E-state index is -0.152. The molecule has 5 heteroatoms. The third-order valence-electron chi connectivity index (χ3n) is 3.15. The number of carbonyl (C=O) groups is 1. The van der Waals surface area contributed by atoms with Gasteiger partial charge in [-0.3, -0.25) is 9.89 Å². The van der Waals surface area contributed by atoms with Gasteiger partial charge in [-0.2, -0.15) is 5.10 Å². The van der Waals surface area contributed by atoms with Crippen molar-refractivity contribution in [3.05, 3.63) is 47.3 Å². The second-order valence-electron chi connectivity index (χ2n) is 4.50. The Hall–Kier alpha value is -2.14. The fraction of sp³-hybridized carbons (Fsp3) is 0.286. The van der Waals surface area contributed by atoms with Crippen molar-refractivity contribution in [2.45, 2.75) is 19.9 Å². The molecule has 0 spiro atoms. The van der Waals surface area contributed by atoms with E-state index in [2.05, 4.69) is 27.8 Å². The highest BCUT2D eigenvalue weighted by atomic mass is 16.1. The van der Waals surface area contributed by atoms with Crippen molar-refractivity contribution >= 4 is 11.6 Å². The number of aromatic nitrogens is 2. The SMILES string of the molecule is CNC(C)c1cccc(NC(=O)c2cn[nH]c2C)c1. The monoisotopic (exact) mass is 258 g/mol. The molecule has 0 aliphatic carbocycles. The highest BCUT2D eigenvalue weighted by Crippen LogP contribution is 2.18. The van der Waals surface area contributed by atoms with Crippen LogP contribution in [0.5, 0.6) is 0 Å². The van der Waals surface area contributed by atoms with E-state index in [4.69, 9.17) is 0 Å². The molecule has 0 bridgehead atoms. The number of benzene rings is 1. The van der Waals surface area contributed by atoms with Gasteiger partial charge in [-0.15, -0.1) is 0 Å². The molecule has 0 radical (unpaired) electrons. The maximum absolute atomic E-state index is 12.1. The minimum Gasteiger partial charge on any atom is -0.322 e. The van der Waals surface area contributed by atoms with Crippen molar-refractivity contribution in [1.82, 2.24) is 15.5 Å². The molecule has 1 atom stereocenters. The topological polar surface area (TPSA) is 69.8 Å². The molecule has 2 aromatic rings. The van der Waals surface area contributed by atoms with Crippen molar-refractivity contribution < 1.29 is 4.79 Å². The molecule has 1 amide bonds. The molecule has 0 aliphatic rings. The Morgan fingerprint density at radius 2 is 2.21 bits per heavy atom. The molecule has 100 valence electrons. The molecular weight excluding hydrogens is 240 g/mol. The molecule has 0 aliphatic heterocycles. The lowest BCUT2D eigenvalue weighted by atomic mass is 10.1. The zero-order valence-corrected chi connectivity index (χ0v) is 11.3. The van der Waals surface area contributed by atoms with Gasteiger partial charge in [0.25, 0.3) is 5.91 Å². The first-order valence-electron chi connectivity index (χ1n) is 6.20. The van der Waals surface area contributed by atoms with Crippen LogP contribution < -0.4 is 10.6 Å². The number of amides is 1. The molecule has 1 aromatic carbocycles. The summed E-state index contributed by atoms with van der Waals surface area (Å²) >= 11 is 0. The number of H-pyrrole nitrogens is 1. The number of nitrogens with zero attached hydrogens (tertiary/aromatic N) is 1. The molecule has 1 aromatic heterocycles. The van der Waals surface area contributed by atoms with E-state index in [9.17, 15) is 4.79 Å². The van der Waals surface area contributed by atoms with Crippen LogP contribution in [0.15, 0.2) is 30.5 Å². The molecule has 19 heavy (non-hydrogen) atoms. The van der Waals surface area contributed by atoms with E-state index in [1.807, 2.05) is 38.2 Å². The maximum Gasteiger partial charge on any atom is 0.259 e. The van der Waals surface area contributed by atoms with Gasteiger partial charge in [0.05, 0.1) is 11.8 Å². The van der Waals surface area contributed by atoms with Crippen molar-refractivity contribution in [1.29, 1.82) is 0 Å². The lowest BCUT2D eigenvalue weighted by molar-refractivity contribution is 0.102. The predicted molar refractivity (Wildman–Crippen MR) is 75.2 cm³/mol. The van der Waals surface area contributed by atoms with E-state index in [0.717, 1.165) is 16.9 Å². The summed E-state index contributed by atoms with van der Waals surface area (Å²) in [5.74, 6) is -0.152. The van der Waals surface area contributed by atoms with Crippen LogP contribution in [-0.4, -0.2) is 23.2 Å². The number of hydrogen-bond acceptors (Lipinski definition) is 3. The van der Waals surface area contributed by atoms with Gasteiger partial charge in [-0.05, 0) is 38.6 Å². The van der Waals surface area contributed by atoms with Crippen molar-refractivity contribution in [2.75, 3.05) is 12.4 Å². The van der Waals surface area contributed by atoms with E-state index >= 15 is 0 Å². The van der Waals surface area contributed by atoms with E-state index in [0.29, 0.717) is 5.56 Å². The largest absolute Gasteiger partial charge is 0.322 e.